The lowest BCUT2D eigenvalue weighted by Crippen LogP contribution is -2.25. The van der Waals surface area contributed by atoms with Gasteiger partial charge in [-0.2, -0.15) is 0 Å². The molecule has 0 aliphatic rings. The van der Waals surface area contributed by atoms with Gasteiger partial charge in [0.2, 0.25) is 10.0 Å². The number of anilines is 1. The highest BCUT2D eigenvalue weighted by atomic mass is 35.5. The number of nitrogens with two attached hydrogens (primary N) is 1. The molecule has 108 valence electrons. The molecule has 0 spiro atoms. The summed E-state index contributed by atoms with van der Waals surface area (Å²) in [4.78, 5) is 0.0452. The molecule has 0 unspecified atom stereocenters. The van der Waals surface area contributed by atoms with Crippen LogP contribution in [0, 0.1) is 5.92 Å². The van der Waals surface area contributed by atoms with E-state index in [0.717, 1.165) is 19.3 Å². The Morgan fingerprint density at radius 1 is 1.32 bits per heavy atom. The first-order chi connectivity index (χ1) is 8.83. The molecule has 6 heteroatoms. The van der Waals surface area contributed by atoms with Crippen molar-refractivity contribution < 1.29 is 8.42 Å². The zero-order chi connectivity index (χ0) is 14.5. The monoisotopic (exact) mass is 304 g/mol. The lowest BCUT2D eigenvalue weighted by Gasteiger charge is -2.10. The zero-order valence-electron chi connectivity index (χ0n) is 11.3. The Balaban J connectivity index is 2.59. The van der Waals surface area contributed by atoms with Gasteiger partial charge in [-0.3, -0.25) is 0 Å². The molecule has 0 aliphatic heterocycles. The third kappa shape index (κ3) is 5.38. The summed E-state index contributed by atoms with van der Waals surface area (Å²) in [5.74, 6) is 0.639. The molecule has 0 atom stereocenters. The predicted molar refractivity (Wildman–Crippen MR) is 79.7 cm³/mol. The fourth-order valence-corrected chi connectivity index (χ4v) is 3.17. The number of benzene rings is 1. The van der Waals surface area contributed by atoms with Crippen LogP contribution in [0.15, 0.2) is 23.1 Å². The minimum absolute atomic E-state index is 0.0452. The number of nitrogens with one attached hydrogen (secondary N) is 1. The summed E-state index contributed by atoms with van der Waals surface area (Å²) in [6.45, 7) is 4.72. The summed E-state index contributed by atoms with van der Waals surface area (Å²) < 4.78 is 26.7. The van der Waals surface area contributed by atoms with Crippen molar-refractivity contribution in [2.24, 2.45) is 5.92 Å². The summed E-state index contributed by atoms with van der Waals surface area (Å²) in [5, 5.41) is 0.356. The van der Waals surface area contributed by atoms with Crippen LogP contribution in [-0.4, -0.2) is 15.0 Å². The second kappa shape index (κ2) is 7.12. The number of halogens is 1. The van der Waals surface area contributed by atoms with E-state index in [9.17, 15) is 8.42 Å². The number of hydrogen-bond donors (Lipinski definition) is 2. The molecule has 3 N–H and O–H groups in total. The molecule has 1 aromatic carbocycles. The summed E-state index contributed by atoms with van der Waals surface area (Å²) >= 11 is 5.79. The molecular weight excluding hydrogens is 284 g/mol. The van der Waals surface area contributed by atoms with Crippen molar-refractivity contribution in [3.8, 4) is 0 Å². The molecule has 0 amide bonds. The Kier molecular flexibility index (Phi) is 6.10. The Bertz CT molecular complexity index is 515. The van der Waals surface area contributed by atoms with Crippen molar-refractivity contribution in [1.82, 2.24) is 4.72 Å². The number of nitrogen functional groups attached to an aromatic ring is 1. The molecule has 1 rings (SSSR count). The highest BCUT2D eigenvalue weighted by molar-refractivity contribution is 7.89. The van der Waals surface area contributed by atoms with E-state index in [1.54, 1.807) is 6.07 Å². The molecule has 0 bridgehead atoms. The molecule has 1 aromatic rings. The van der Waals surface area contributed by atoms with Gasteiger partial charge >= 0.3 is 0 Å². The first kappa shape index (κ1) is 16.3. The number of hydrogen-bond acceptors (Lipinski definition) is 3. The fraction of sp³-hybridized carbons (Fsp3) is 0.538. The zero-order valence-corrected chi connectivity index (χ0v) is 12.9. The van der Waals surface area contributed by atoms with E-state index >= 15 is 0 Å². The largest absolute Gasteiger partial charge is 0.398 e. The van der Waals surface area contributed by atoms with Gasteiger partial charge in [0.25, 0.3) is 0 Å². The van der Waals surface area contributed by atoms with Crippen molar-refractivity contribution in [2.45, 2.75) is 38.0 Å². The molecule has 0 saturated carbocycles. The van der Waals surface area contributed by atoms with Crippen molar-refractivity contribution in [3.63, 3.8) is 0 Å². The molecule has 0 aromatic heterocycles. The number of unbranched alkanes of at least 4 members (excludes halogenated alkanes) is 1. The number of sulfonamides is 1. The summed E-state index contributed by atoms with van der Waals surface area (Å²) in [6, 6.07) is 4.43. The third-order valence-corrected chi connectivity index (χ3v) is 4.52. The van der Waals surface area contributed by atoms with E-state index in [2.05, 4.69) is 18.6 Å². The van der Waals surface area contributed by atoms with Crippen LogP contribution < -0.4 is 10.5 Å². The lowest BCUT2D eigenvalue weighted by atomic mass is 10.1. The van der Waals surface area contributed by atoms with Gasteiger partial charge in [0.15, 0.2) is 0 Å². The van der Waals surface area contributed by atoms with Gasteiger partial charge in [-0.1, -0.05) is 38.3 Å². The van der Waals surface area contributed by atoms with Gasteiger partial charge in [0, 0.05) is 11.6 Å². The second-order valence-electron chi connectivity index (χ2n) is 4.97. The van der Waals surface area contributed by atoms with Crippen LogP contribution in [-0.2, 0) is 10.0 Å². The maximum atomic E-state index is 12.1. The molecular formula is C13H21ClN2O2S. The average Bonchev–Trinajstić information content (AvgIpc) is 2.31. The Morgan fingerprint density at radius 2 is 2.00 bits per heavy atom. The van der Waals surface area contributed by atoms with Crippen molar-refractivity contribution in [1.29, 1.82) is 0 Å². The quantitative estimate of drug-likeness (QED) is 0.601. The minimum Gasteiger partial charge on any atom is -0.398 e. The number of rotatable bonds is 7. The van der Waals surface area contributed by atoms with Crippen molar-refractivity contribution >= 4 is 27.3 Å². The van der Waals surface area contributed by atoms with Crippen LogP contribution in [0.3, 0.4) is 0 Å². The topological polar surface area (TPSA) is 72.2 Å². The standard InChI is InChI=1S/C13H21ClN2O2S/c1-10(2)5-3-4-8-16-19(17,18)13-9-11(14)6-7-12(13)15/h6-7,9-10,16H,3-5,8,15H2,1-2H3. The van der Waals surface area contributed by atoms with E-state index in [-0.39, 0.29) is 10.6 Å². The van der Waals surface area contributed by atoms with Gasteiger partial charge < -0.3 is 5.73 Å². The first-order valence-electron chi connectivity index (χ1n) is 6.37. The smallest absolute Gasteiger partial charge is 0.242 e. The lowest BCUT2D eigenvalue weighted by molar-refractivity contribution is 0.530. The van der Waals surface area contributed by atoms with Gasteiger partial charge in [-0.15, -0.1) is 0 Å². The molecule has 0 fully saturated rings. The molecule has 0 saturated heterocycles. The average molecular weight is 305 g/mol. The first-order valence-corrected chi connectivity index (χ1v) is 8.23. The molecule has 0 radical (unpaired) electrons. The van der Waals surface area contributed by atoms with Crippen molar-refractivity contribution in [2.75, 3.05) is 12.3 Å². The molecule has 4 nitrogen and oxygen atoms in total. The molecule has 0 aliphatic carbocycles. The Labute approximate surface area is 120 Å². The van der Waals surface area contributed by atoms with Gasteiger partial charge in [-0.25, -0.2) is 13.1 Å². The van der Waals surface area contributed by atoms with Crippen LogP contribution in [0.2, 0.25) is 5.02 Å². The molecule has 19 heavy (non-hydrogen) atoms. The maximum Gasteiger partial charge on any atom is 0.242 e. The summed E-state index contributed by atoms with van der Waals surface area (Å²) in [5.41, 5.74) is 5.88. The van der Waals surface area contributed by atoms with Gasteiger partial charge in [-0.05, 0) is 30.5 Å². The SMILES string of the molecule is CC(C)CCCCNS(=O)(=O)c1cc(Cl)ccc1N. The second-order valence-corrected chi connectivity index (χ2v) is 7.14. The van der Waals surface area contributed by atoms with E-state index in [4.69, 9.17) is 17.3 Å². The van der Waals surface area contributed by atoms with Gasteiger partial charge in [0.1, 0.15) is 4.90 Å². The van der Waals surface area contributed by atoms with E-state index in [1.165, 1.54) is 12.1 Å². The van der Waals surface area contributed by atoms with Gasteiger partial charge in [0.05, 0.1) is 5.69 Å². The van der Waals surface area contributed by atoms with Crippen LogP contribution in [0.5, 0.6) is 0 Å². The highest BCUT2D eigenvalue weighted by Gasteiger charge is 2.17. The fourth-order valence-electron chi connectivity index (χ4n) is 1.70. The van der Waals surface area contributed by atoms with E-state index in [1.807, 2.05) is 0 Å². The Morgan fingerprint density at radius 3 is 2.63 bits per heavy atom. The third-order valence-electron chi connectivity index (χ3n) is 2.77. The van der Waals surface area contributed by atoms with Crippen molar-refractivity contribution in [3.05, 3.63) is 23.2 Å². The summed E-state index contributed by atoms with van der Waals surface area (Å²) in [7, 11) is -3.57. The van der Waals surface area contributed by atoms with E-state index in [0.29, 0.717) is 17.5 Å². The maximum absolute atomic E-state index is 12.1. The van der Waals surface area contributed by atoms with Crippen LogP contribution in [0.4, 0.5) is 5.69 Å². The molecule has 0 heterocycles. The van der Waals surface area contributed by atoms with Crippen LogP contribution in [0.25, 0.3) is 0 Å². The minimum atomic E-state index is -3.57. The normalized spacial score (nSPS) is 12.0. The van der Waals surface area contributed by atoms with Crippen LogP contribution >= 0.6 is 11.6 Å². The Hall–Kier alpha value is -0.780. The summed E-state index contributed by atoms with van der Waals surface area (Å²) in [6.07, 6.45) is 2.92. The van der Waals surface area contributed by atoms with E-state index < -0.39 is 10.0 Å². The van der Waals surface area contributed by atoms with Crippen LogP contribution in [0.1, 0.15) is 33.1 Å². The highest BCUT2D eigenvalue weighted by Crippen LogP contribution is 2.22. The predicted octanol–water partition coefficient (Wildman–Crippen LogP) is 3.03.